The third kappa shape index (κ3) is 11.3. The van der Waals surface area contributed by atoms with Crippen molar-refractivity contribution in [3.8, 4) is 0 Å². The molecule has 11 heavy (non-hydrogen) atoms. The van der Waals surface area contributed by atoms with Gasteiger partial charge in [0.2, 0.25) is 0 Å². The van der Waals surface area contributed by atoms with Crippen molar-refractivity contribution in [2.24, 2.45) is 0 Å². The van der Waals surface area contributed by atoms with Crippen LogP contribution in [0.2, 0.25) is 47.3 Å². The van der Waals surface area contributed by atoms with Gasteiger partial charge in [0.05, 0.1) is 0 Å². The van der Waals surface area contributed by atoms with Gasteiger partial charge in [-0.25, -0.2) is 0 Å². The van der Waals surface area contributed by atoms with E-state index in [-0.39, 0.29) is 21.6 Å². The summed E-state index contributed by atoms with van der Waals surface area (Å²) >= 11 is 0.0654. The van der Waals surface area contributed by atoms with Gasteiger partial charge in [-0.1, -0.05) is 0 Å². The summed E-state index contributed by atoms with van der Waals surface area (Å²) in [4.78, 5) is 0. The molecule has 0 aromatic carbocycles. The molecule has 0 heterocycles. The first kappa shape index (κ1) is 12.3. The van der Waals surface area contributed by atoms with Gasteiger partial charge in [0.1, 0.15) is 0 Å². The molecule has 0 nitrogen and oxygen atoms in total. The maximum absolute atomic E-state index is 2.51. The SMILES string of the molecule is C[Si](C)(C)[CH2][SbH][CH2][Si](C)(C)C. The summed E-state index contributed by atoms with van der Waals surface area (Å²) < 4.78 is 3.39. The summed E-state index contributed by atoms with van der Waals surface area (Å²) in [6.07, 6.45) is 0. The summed E-state index contributed by atoms with van der Waals surface area (Å²) in [5.74, 6) is 0. The molecule has 0 spiro atoms. The minimum atomic E-state index is -0.659. The van der Waals surface area contributed by atoms with E-state index in [0.717, 1.165) is 0 Å². The normalized spacial score (nSPS) is 13.6. The van der Waals surface area contributed by atoms with Gasteiger partial charge in [0, 0.05) is 0 Å². The molecule has 3 heteroatoms. The van der Waals surface area contributed by atoms with Crippen molar-refractivity contribution in [1.29, 1.82) is 0 Å². The van der Waals surface area contributed by atoms with Crippen molar-refractivity contribution in [2.75, 3.05) is 0 Å². The van der Waals surface area contributed by atoms with Gasteiger partial charge in [-0.05, 0) is 0 Å². The Morgan fingerprint density at radius 1 is 0.727 bits per heavy atom. The van der Waals surface area contributed by atoms with Crippen molar-refractivity contribution in [2.45, 2.75) is 47.3 Å². The van der Waals surface area contributed by atoms with Gasteiger partial charge in [-0.3, -0.25) is 0 Å². The van der Waals surface area contributed by atoms with E-state index in [4.69, 9.17) is 0 Å². The van der Waals surface area contributed by atoms with Gasteiger partial charge >= 0.3 is 85.0 Å². The Morgan fingerprint density at radius 2 is 1.00 bits per heavy atom. The summed E-state index contributed by atoms with van der Waals surface area (Å²) in [5, 5.41) is 0. The summed E-state index contributed by atoms with van der Waals surface area (Å²) in [6, 6.07) is 0. The Bertz CT molecular complexity index is 96.2. The molecule has 0 N–H and O–H groups in total. The molecule has 0 aliphatic heterocycles. The zero-order chi connectivity index (χ0) is 9.12. The third-order valence-electron chi connectivity index (χ3n) is 1.31. The monoisotopic (exact) mass is 296 g/mol. The fourth-order valence-corrected chi connectivity index (χ4v) is 18.9. The van der Waals surface area contributed by atoms with Crippen LogP contribution in [-0.2, 0) is 0 Å². The topological polar surface area (TPSA) is 0 Å². The Morgan fingerprint density at radius 3 is 1.18 bits per heavy atom. The van der Waals surface area contributed by atoms with E-state index in [9.17, 15) is 0 Å². The van der Waals surface area contributed by atoms with Crippen molar-refractivity contribution in [3.63, 3.8) is 0 Å². The van der Waals surface area contributed by atoms with Gasteiger partial charge in [0.15, 0.2) is 0 Å². The van der Waals surface area contributed by atoms with E-state index >= 15 is 0 Å². The summed E-state index contributed by atoms with van der Waals surface area (Å²) in [7, 11) is -1.32. The Labute approximate surface area is 84.7 Å². The quantitative estimate of drug-likeness (QED) is 0.700. The predicted molar refractivity (Wildman–Crippen MR) is 63.5 cm³/mol. The molecule has 0 aromatic heterocycles. The molecule has 0 fully saturated rings. The van der Waals surface area contributed by atoms with Crippen LogP contribution in [-0.4, -0.2) is 37.8 Å². The van der Waals surface area contributed by atoms with Gasteiger partial charge < -0.3 is 0 Å². The van der Waals surface area contributed by atoms with Crippen LogP contribution in [0.4, 0.5) is 0 Å². The number of hydrogen-bond acceptors (Lipinski definition) is 0. The molecule has 0 atom stereocenters. The second-order valence-corrected chi connectivity index (χ2v) is 24.2. The van der Waals surface area contributed by atoms with Crippen LogP contribution in [0.3, 0.4) is 0 Å². The molecule has 0 aliphatic rings. The van der Waals surface area contributed by atoms with Crippen molar-refractivity contribution in [1.82, 2.24) is 0 Å². The van der Waals surface area contributed by atoms with Crippen LogP contribution >= 0.6 is 0 Å². The van der Waals surface area contributed by atoms with E-state index in [2.05, 4.69) is 39.3 Å². The molecular weight excluding hydrogens is 274 g/mol. The first-order valence-electron chi connectivity index (χ1n) is 4.41. The van der Waals surface area contributed by atoms with Gasteiger partial charge in [0.25, 0.3) is 0 Å². The molecule has 0 radical (unpaired) electrons. The third-order valence-corrected chi connectivity index (χ3v) is 26.4. The average molecular weight is 297 g/mol. The average Bonchev–Trinajstić information content (AvgIpc) is 1.55. The second-order valence-electron chi connectivity index (χ2n) is 5.72. The molecule has 0 saturated carbocycles. The Hall–Kier alpha value is 1.25. The molecule has 0 amide bonds. The van der Waals surface area contributed by atoms with Crippen molar-refractivity contribution >= 4 is 37.8 Å². The first-order chi connectivity index (χ1) is 4.71. The Balaban J connectivity index is 3.44. The minimum absolute atomic E-state index is 0.0654. The first-order valence-corrected chi connectivity index (χ1v) is 15.9. The van der Waals surface area contributed by atoms with E-state index < -0.39 is 16.1 Å². The Kier molecular flexibility index (Phi) is 4.99. The molecule has 0 bridgehead atoms. The molecule has 0 unspecified atom stereocenters. The second kappa shape index (κ2) is 4.48. The fraction of sp³-hybridized carbons (Fsp3) is 1.00. The van der Waals surface area contributed by atoms with Gasteiger partial charge in [-0.2, -0.15) is 0 Å². The molecule has 0 aliphatic carbocycles. The number of rotatable bonds is 4. The standard InChI is InChI=1S/2C4H11Si.Sb.H/c2*1-5(2,3)4;;/h2*1H2,2-4H3;;. The van der Waals surface area contributed by atoms with Crippen LogP contribution in [0.1, 0.15) is 0 Å². The van der Waals surface area contributed by atoms with Crippen LogP contribution < -0.4 is 0 Å². The van der Waals surface area contributed by atoms with Crippen molar-refractivity contribution < 1.29 is 0 Å². The van der Waals surface area contributed by atoms with E-state index in [1.165, 1.54) is 0 Å². The molecule has 68 valence electrons. The van der Waals surface area contributed by atoms with Crippen LogP contribution in [0.25, 0.3) is 0 Å². The summed E-state index contributed by atoms with van der Waals surface area (Å²) in [5.41, 5.74) is 0. The van der Waals surface area contributed by atoms with Crippen LogP contribution in [0.15, 0.2) is 0 Å². The van der Waals surface area contributed by atoms with Gasteiger partial charge in [-0.15, -0.1) is 0 Å². The van der Waals surface area contributed by atoms with E-state index in [1.54, 1.807) is 7.98 Å². The maximum atomic E-state index is 2.51. The predicted octanol–water partition coefficient (Wildman–Crippen LogP) is 3.01. The van der Waals surface area contributed by atoms with Crippen molar-refractivity contribution in [3.05, 3.63) is 0 Å². The van der Waals surface area contributed by atoms with Crippen LogP contribution in [0.5, 0.6) is 0 Å². The zero-order valence-corrected chi connectivity index (χ0v) is 13.8. The molecule has 0 aromatic rings. The summed E-state index contributed by atoms with van der Waals surface area (Å²) in [6.45, 7) is 15.1. The molecule has 0 rings (SSSR count). The van der Waals surface area contributed by atoms with Crippen LogP contribution in [0, 0.1) is 0 Å². The zero-order valence-electron chi connectivity index (χ0n) is 8.91. The van der Waals surface area contributed by atoms with E-state index in [0.29, 0.717) is 0 Å². The van der Waals surface area contributed by atoms with E-state index in [1.807, 2.05) is 0 Å². The molecule has 0 saturated heterocycles. The molecular formula is C8H23SbSi2. The fourth-order valence-electron chi connectivity index (χ4n) is 0.812. The number of hydrogen-bond donors (Lipinski definition) is 0.